The van der Waals surface area contributed by atoms with E-state index in [0.717, 1.165) is 0 Å². The van der Waals surface area contributed by atoms with Gasteiger partial charge in [-0.05, 0) is 11.5 Å². The molecule has 5 nitrogen and oxygen atoms in total. The highest BCUT2D eigenvalue weighted by molar-refractivity contribution is 6.29. The molecule has 6 heteroatoms. The van der Waals surface area contributed by atoms with Gasteiger partial charge in [-0.25, -0.2) is 9.97 Å². The van der Waals surface area contributed by atoms with Gasteiger partial charge in [0.25, 0.3) is 0 Å². The molecule has 1 rings (SSSR count). The first-order valence-electron chi connectivity index (χ1n) is 4.85. The van der Waals surface area contributed by atoms with Crippen molar-refractivity contribution in [3.63, 3.8) is 0 Å². The van der Waals surface area contributed by atoms with E-state index in [1.165, 1.54) is 12.3 Å². The average Bonchev–Trinajstić information content (AvgIpc) is 2.15. The summed E-state index contributed by atoms with van der Waals surface area (Å²) in [5, 5.41) is 2.79. The predicted molar refractivity (Wildman–Crippen MR) is 63.1 cm³/mol. The summed E-state index contributed by atoms with van der Waals surface area (Å²) in [6.07, 6.45) is 1.47. The minimum Gasteiger partial charge on any atom is -0.319 e. The molecule has 0 aliphatic heterocycles. The molecule has 0 aromatic carbocycles. The highest BCUT2D eigenvalue weighted by atomic mass is 35.5. The first-order valence-corrected chi connectivity index (χ1v) is 5.23. The Labute approximate surface area is 99.4 Å². The summed E-state index contributed by atoms with van der Waals surface area (Å²) in [6, 6.07) is 0.899. The summed E-state index contributed by atoms with van der Waals surface area (Å²) >= 11 is 5.66. The molecule has 0 spiro atoms. The van der Waals surface area contributed by atoms with Gasteiger partial charge in [-0.2, -0.15) is 0 Å². The molecule has 0 aliphatic rings. The first kappa shape index (κ1) is 12.9. The van der Waals surface area contributed by atoms with Gasteiger partial charge in [-0.3, -0.25) is 10.1 Å². The van der Waals surface area contributed by atoms with Crippen molar-refractivity contribution in [3.8, 4) is 0 Å². The van der Waals surface area contributed by atoms with Crippen LogP contribution in [0, 0.1) is 5.41 Å². The maximum absolute atomic E-state index is 11.7. The van der Waals surface area contributed by atoms with Gasteiger partial charge in [-0.1, -0.05) is 32.4 Å². The molecule has 1 heterocycles. The van der Waals surface area contributed by atoms with E-state index in [9.17, 15) is 4.79 Å². The van der Waals surface area contributed by atoms with Gasteiger partial charge >= 0.3 is 0 Å². The number of hydrogen-bond acceptors (Lipinski definition) is 4. The third-order valence-corrected chi connectivity index (χ3v) is 2.28. The molecule has 0 bridgehead atoms. The third-order valence-electron chi connectivity index (χ3n) is 2.07. The van der Waals surface area contributed by atoms with Gasteiger partial charge in [0, 0.05) is 6.20 Å². The number of amides is 1. The van der Waals surface area contributed by atoms with Gasteiger partial charge in [0.05, 0.1) is 6.04 Å². The average molecular weight is 243 g/mol. The summed E-state index contributed by atoms with van der Waals surface area (Å²) in [4.78, 5) is 19.4. The highest BCUT2D eigenvalue weighted by Crippen LogP contribution is 2.18. The van der Waals surface area contributed by atoms with E-state index in [-0.39, 0.29) is 22.4 Å². The fourth-order valence-corrected chi connectivity index (χ4v) is 1.11. The summed E-state index contributed by atoms with van der Waals surface area (Å²) in [5.41, 5.74) is 5.46. The predicted octanol–water partition coefficient (Wildman–Crippen LogP) is 1.44. The Morgan fingerprint density at radius 1 is 1.56 bits per heavy atom. The Bertz CT molecular complexity index is 389. The number of aromatic nitrogens is 2. The smallest absolute Gasteiger partial charge is 0.244 e. The molecular weight excluding hydrogens is 228 g/mol. The van der Waals surface area contributed by atoms with E-state index in [1.807, 2.05) is 20.8 Å². The van der Waals surface area contributed by atoms with E-state index in [0.29, 0.717) is 0 Å². The molecule has 0 fully saturated rings. The zero-order chi connectivity index (χ0) is 12.3. The van der Waals surface area contributed by atoms with Crippen molar-refractivity contribution in [2.24, 2.45) is 11.1 Å². The molecule has 1 aromatic rings. The molecule has 0 radical (unpaired) electrons. The fraction of sp³-hybridized carbons (Fsp3) is 0.500. The molecule has 0 saturated heterocycles. The Morgan fingerprint density at radius 2 is 2.19 bits per heavy atom. The second-order valence-corrected chi connectivity index (χ2v) is 4.92. The Hall–Kier alpha value is -1.20. The van der Waals surface area contributed by atoms with E-state index >= 15 is 0 Å². The van der Waals surface area contributed by atoms with Crippen molar-refractivity contribution in [1.82, 2.24) is 9.97 Å². The highest BCUT2D eigenvalue weighted by Gasteiger charge is 2.27. The van der Waals surface area contributed by atoms with Crippen molar-refractivity contribution in [1.29, 1.82) is 0 Å². The molecule has 88 valence electrons. The fourth-order valence-electron chi connectivity index (χ4n) is 0.978. The number of halogens is 1. The van der Waals surface area contributed by atoms with E-state index in [1.54, 1.807) is 0 Å². The molecule has 0 aliphatic carbocycles. The van der Waals surface area contributed by atoms with Gasteiger partial charge in [0.1, 0.15) is 5.15 Å². The first-order chi connectivity index (χ1) is 7.30. The van der Waals surface area contributed by atoms with Crippen LogP contribution in [0.2, 0.25) is 5.15 Å². The Morgan fingerprint density at radius 3 is 2.69 bits per heavy atom. The summed E-state index contributed by atoms with van der Waals surface area (Å²) in [5.74, 6) is -0.160. The van der Waals surface area contributed by atoms with Crippen LogP contribution in [0.4, 0.5) is 5.95 Å². The van der Waals surface area contributed by atoms with Crippen molar-refractivity contribution < 1.29 is 4.79 Å². The quantitative estimate of drug-likeness (QED) is 0.769. The minimum atomic E-state index is -0.630. The van der Waals surface area contributed by atoms with Crippen LogP contribution >= 0.6 is 11.6 Å². The maximum atomic E-state index is 11.7. The zero-order valence-electron chi connectivity index (χ0n) is 9.49. The number of carbonyl (C=O) groups excluding carboxylic acids is 1. The van der Waals surface area contributed by atoms with Gasteiger partial charge < -0.3 is 5.73 Å². The van der Waals surface area contributed by atoms with E-state index in [2.05, 4.69) is 15.3 Å². The van der Waals surface area contributed by atoms with Crippen LogP contribution in [0.3, 0.4) is 0 Å². The van der Waals surface area contributed by atoms with Crippen molar-refractivity contribution >= 4 is 23.5 Å². The van der Waals surface area contributed by atoms with Gasteiger partial charge in [-0.15, -0.1) is 0 Å². The van der Waals surface area contributed by atoms with Crippen molar-refractivity contribution in [3.05, 3.63) is 17.4 Å². The molecule has 1 atom stereocenters. The Balaban J connectivity index is 2.72. The SMILES string of the molecule is CC(C)(C)[C@H](N)C(=O)Nc1nccc(Cl)n1. The number of carbonyl (C=O) groups is 1. The summed E-state index contributed by atoms with van der Waals surface area (Å²) in [6.45, 7) is 5.65. The lowest BCUT2D eigenvalue weighted by Crippen LogP contribution is -2.45. The lowest BCUT2D eigenvalue weighted by molar-refractivity contribution is -0.119. The second-order valence-electron chi connectivity index (χ2n) is 4.54. The number of rotatable bonds is 2. The number of anilines is 1. The standard InChI is InChI=1S/C10H15ClN4O/c1-10(2,3)7(12)8(16)15-9-13-5-4-6(11)14-9/h4-5,7H,12H2,1-3H3,(H,13,14,15,16)/t7-/m1/s1. The second kappa shape index (κ2) is 4.76. The Kier molecular flexibility index (Phi) is 3.83. The molecule has 0 saturated carbocycles. The van der Waals surface area contributed by atoms with Crippen LogP contribution in [-0.4, -0.2) is 21.9 Å². The zero-order valence-corrected chi connectivity index (χ0v) is 10.2. The molecule has 1 aromatic heterocycles. The molecular formula is C10H15ClN4O. The normalized spacial score (nSPS) is 13.3. The molecule has 1 amide bonds. The monoisotopic (exact) mass is 242 g/mol. The molecule has 0 unspecified atom stereocenters. The summed E-state index contributed by atoms with van der Waals surface area (Å²) < 4.78 is 0. The van der Waals surface area contributed by atoms with Crippen LogP contribution < -0.4 is 11.1 Å². The van der Waals surface area contributed by atoms with Crippen LogP contribution in [0.15, 0.2) is 12.3 Å². The maximum Gasteiger partial charge on any atom is 0.244 e. The number of hydrogen-bond donors (Lipinski definition) is 2. The van der Waals surface area contributed by atoms with Crippen LogP contribution in [0.5, 0.6) is 0 Å². The molecule has 16 heavy (non-hydrogen) atoms. The minimum absolute atomic E-state index is 0.164. The van der Waals surface area contributed by atoms with Crippen LogP contribution in [0.25, 0.3) is 0 Å². The lowest BCUT2D eigenvalue weighted by atomic mass is 9.87. The van der Waals surface area contributed by atoms with E-state index < -0.39 is 6.04 Å². The van der Waals surface area contributed by atoms with Gasteiger partial charge in [0.2, 0.25) is 11.9 Å². The topological polar surface area (TPSA) is 80.9 Å². The van der Waals surface area contributed by atoms with Crippen molar-refractivity contribution in [2.45, 2.75) is 26.8 Å². The van der Waals surface area contributed by atoms with Crippen molar-refractivity contribution in [2.75, 3.05) is 5.32 Å². The number of nitrogens with zero attached hydrogens (tertiary/aromatic N) is 2. The lowest BCUT2D eigenvalue weighted by Gasteiger charge is -2.25. The molecule has 3 N–H and O–H groups in total. The number of nitrogens with two attached hydrogens (primary N) is 1. The summed E-state index contributed by atoms with van der Waals surface area (Å²) in [7, 11) is 0. The van der Waals surface area contributed by atoms with E-state index in [4.69, 9.17) is 17.3 Å². The van der Waals surface area contributed by atoms with Crippen LogP contribution in [0.1, 0.15) is 20.8 Å². The third kappa shape index (κ3) is 3.43. The largest absolute Gasteiger partial charge is 0.319 e. The van der Waals surface area contributed by atoms with Crippen LogP contribution in [-0.2, 0) is 4.79 Å². The van der Waals surface area contributed by atoms with Gasteiger partial charge in [0.15, 0.2) is 0 Å². The number of nitrogens with one attached hydrogen (secondary N) is 1.